The van der Waals surface area contributed by atoms with E-state index < -0.39 is 5.66 Å². The average Bonchev–Trinajstić information content (AvgIpc) is 3.36. The number of hydrogen-bond acceptors (Lipinski definition) is 6. The second kappa shape index (κ2) is 8.76. The predicted molar refractivity (Wildman–Crippen MR) is 133 cm³/mol. The molecule has 2 fully saturated rings. The molecule has 7 heteroatoms. The van der Waals surface area contributed by atoms with Crippen LogP contribution in [-0.4, -0.2) is 70.7 Å². The lowest BCUT2D eigenvalue weighted by Crippen LogP contribution is -2.63. The highest BCUT2D eigenvalue weighted by atomic mass is 16.5. The summed E-state index contributed by atoms with van der Waals surface area (Å²) in [5.41, 5.74) is 3.11. The third-order valence-corrected chi connectivity index (χ3v) is 8.22. The van der Waals surface area contributed by atoms with Gasteiger partial charge in [-0.2, -0.15) is 0 Å². The van der Waals surface area contributed by atoms with Gasteiger partial charge in [0.2, 0.25) is 0 Å². The van der Waals surface area contributed by atoms with Gasteiger partial charge >= 0.3 is 0 Å². The molecule has 5 rings (SSSR count). The second-order valence-electron chi connectivity index (χ2n) is 11.2. The topological polar surface area (TPSA) is 82.1 Å². The zero-order valence-electron chi connectivity index (χ0n) is 21.0. The Kier molecular flexibility index (Phi) is 6.05. The first-order valence-electron chi connectivity index (χ1n) is 12.8. The van der Waals surface area contributed by atoms with Crippen molar-refractivity contribution in [2.24, 2.45) is 10.9 Å². The van der Waals surface area contributed by atoms with Crippen LogP contribution in [0.15, 0.2) is 39.0 Å². The molecule has 2 atom stereocenters. The molecule has 1 unspecified atom stereocenters. The van der Waals surface area contributed by atoms with Crippen molar-refractivity contribution in [1.29, 1.82) is 5.41 Å². The molecule has 0 bridgehead atoms. The quantitative estimate of drug-likeness (QED) is 0.700. The van der Waals surface area contributed by atoms with Crippen molar-refractivity contribution in [3.8, 4) is 0 Å². The molecule has 1 amide bonds. The minimum Gasteiger partial charge on any atom is -0.459 e. The fourth-order valence-electron chi connectivity index (χ4n) is 6.19. The summed E-state index contributed by atoms with van der Waals surface area (Å²) in [6.07, 6.45) is 8.43. The molecule has 1 aromatic heterocycles. The van der Waals surface area contributed by atoms with E-state index >= 15 is 0 Å². The summed E-state index contributed by atoms with van der Waals surface area (Å²) in [4.78, 5) is 22.5. The number of ether oxygens (including phenoxy) is 1. The highest BCUT2D eigenvalue weighted by molar-refractivity contribution is 6.18. The van der Waals surface area contributed by atoms with E-state index in [1.54, 1.807) is 18.4 Å². The normalized spacial score (nSPS) is 30.8. The Hall–Kier alpha value is -2.25. The van der Waals surface area contributed by atoms with Crippen LogP contribution in [-0.2, 0) is 4.74 Å². The number of carbonyl (C=O) groups excluding carboxylic acids is 1. The Morgan fingerprint density at radius 3 is 2.59 bits per heavy atom. The van der Waals surface area contributed by atoms with Gasteiger partial charge in [0.15, 0.2) is 11.4 Å². The van der Waals surface area contributed by atoms with Gasteiger partial charge in [-0.1, -0.05) is 19.3 Å². The molecule has 0 aromatic carbocycles. The van der Waals surface area contributed by atoms with E-state index in [2.05, 4.69) is 32.6 Å². The van der Waals surface area contributed by atoms with Crippen LogP contribution >= 0.6 is 0 Å². The zero-order valence-corrected chi connectivity index (χ0v) is 21.0. The van der Waals surface area contributed by atoms with Gasteiger partial charge in [-0.05, 0) is 58.2 Å². The Balaban J connectivity index is 1.44. The Morgan fingerprint density at radius 2 is 1.91 bits per heavy atom. The van der Waals surface area contributed by atoms with E-state index in [1.165, 1.54) is 43.4 Å². The molecular formula is C27H38N4O3. The third kappa shape index (κ3) is 4.07. The first kappa shape index (κ1) is 23.5. The summed E-state index contributed by atoms with van der Waals surface area (Å²) in [7, 11) is 0. The molecule has 1 aliphatic carbocycles. The van der Waals surface area contributed by atoms with Crippen LogP contribution in [0.2, 0.25) is 0 Å². The van der Waals surface area contributed by atoms with Crippen LogP contribution in [0, 0.1) is 11.3 Å². The molecule has 3 aliphatic heterocycles. The number of amides is 1. The van der Waals surface area contributed by atoms with Crippen LogP contribution in [0.3, 0.4) is 0 Å². The number of dihydropyridines is 1. The van der Waals surface area contributed by atoms with Gasteiger partial charge in [0.25, 0.3) is 5.91 Å². The van der Waals surface area contributed by atoms with Crippen LogP contribution in [0.1, 0.15) is 76.8 Å². The Labute approximate surface area is 202 Å². The molecule has 1 N–H and O–H groups in total. The average molecular weight is 467 g/mol. The molecule has 1 saturated heterocycles. The van der Waals surface area contributed by atoms with Crippen molar-refractivity contribution < 1.29 is 13.9 Å². The lowest BCUT2D eigenvalue weighted by Gasteiger charge is -2.50. The summed E-state index contributed by atoms with van der Waals surface area (Å²) < 4.78 is 11.6. The molecule has 4 heterocycles. The van der Waals surface area contributed by atoms with Gasteiger partial charge < -0.3 is 19.5 Å². The zero-order chi connectivity index (χ0) is 24.1. The number of piperazine rings is 1. The summed E-state index contributed by atoms with van der Waals surface area (Å²) in [6, 6.07) is 3.48. The monoisotopic (exact) mass is 466 g/mol. The molecule has 1 aromatic rings. The smallest absolute Gasteiger partial charge is 0.289 e. The SMILES string of the molecule is C[C@@H]1CN(C2(C)N=C(C3CCCCC3)C3=C(CC(C)(C)OC3)C2=N)CCN1C(=O)c1ccco1. The fraction of sp³-hybridized carbons (Fsp3) is 0.667. The minimum atomic E-state index is -0.715. The second-order valence-corrected chi connectivity index (χ2v) is 11.2. The number of carbonyl (C=O) groups is 1. The summed E-state index contributed by atoms with van der Waals surface area (Å²) in [5, 5.41) is 9.34. The summed E-state index contributed by atoms with van der Waals surface area (Å²) >= 11 is 0. The number of nitrogens with one attached hydrogen (secondary N) is 1. The standard InChI is InChI=1S/C27H38N4O3/c1-18-16-30(12-13-31(18)25(32)22-11-8-14-33-22)27(4)24(28)20-15-26(2,3)34-17-21(20)23(29-27)19-9-6-5-7-10-19/h8,11,14,18-19,28H,5-7,9-10,12-13,15-17H2,1-4H3/t18-,27?/m1/s1. The van der Waals surface area contributed by atoms with Gasteiger partial charge in [-0.15, -0.1) is 0 Å². The number of nitrogens with zero attached hydrogens (tertiary/aromatic N) is 3. The van der Waals surface area contributed by atoms with E-state index in [9.17, 15) is 10.2 Å². The first-order valence-corrected chi connectivity index (χ1v) is 12.8. The molecule has 184 valence electrons. The lowest BCUT2D eigenvalue weighted by molar-refractivity contribution is -0.0122. The maximum Gasteiger partial charge on any atom is 0.289 e. The lowest BCUT2D eigenvalue weighted by atomic mass is 9.75. The van der Waals surface area contributed by atoms with Gasteiger partial charge in [-0.3, -0.25) is 14.7 Å². The molecule has 34 heavy (non-hydrogen) atoms. The number of aliphatic imine (C=N–C) groups is 1. The van der Waals surface area contributed by atoms with Crippen molar-refractivity contribution in [2.45, 2.75) is 83.5 Å². The van der Waals surface area contributed by atoms with Crippen LogP contribution in [0.5, 0.6) is 0 Å². The van der Waals surface area contributed by atoms with Crippen molar-refractivity contribution in [2.75, 3.05) is 26.2 Å². The number of furan rings is 1. The molecule has 1 saturated carbocycles. The van der Waals surface area contributed by atoms with E-state index in [0.717, 1.165) is 12.0 Å². The minimum absolute atomic E-state index is 0.00538. The van der Waals surface area contributed by atoms with Crippen LogP contribution < -0.4 is 0 Å². The highest BCUT2D eigenvalue weighted by Crippen LogP contribution is 2.42. The van der Waals surface area contributed by atoms with Crippen molar-refractivity contribution in [1.82, 2.24) is 9.80 Å². The Morgan fingerprint density at radius 1 is 1.15 bits per heavy atom. The van der Waals surface area contributed by atoms with E-state index in [4.69, 9.17) is 14.1 Å². The fourth-order valence-corrected chi connectivity index (χ4v) is 6.19. The Bertz CT molecular complexity index is 1020. The number of hydrogen-bond donors (Lipinski definition) is 1. The van der Waals surface area contributed by atoms with Crippen molar-refractivity contribution in [3.05, 3.63) is 35.3 Å². The third-order valence-electron chi connectivity index (χ3n) is 8.22. The van der Waals surface area contributed by atoms with Crippen molar-refractivity contribution in [3.63, 3.8) is 0 Å². The molecule has 4 aliphatic rings. The molecule has 0 radical (unpaired) electrons. The van der Waals surface area contributed by atoms with Crippen LogP contribution in [0.25, 0.3) is 0 Å². The highest BCUT2D eigenvalue weighted by Gasteiger charge is 2.48. The van der Waals surface area contributed by atoms with Crippen LogP contribution in [0.4, 0.5) is 0 Å². The molecule has 7 nitrogen and oxygen atoms in total. The summed E-state index contributed by atoms with van der Waals surface area (Å²) in [6.45, 7) is 10.9. The largest absolute Gasteiger partial charge is 0.459 e. The summed E-state index contributed by atoms with van der Waals surface area (Å²) in [5.74, 6) is 0.771. The van der Waals surface area contributed by atoms with Gasteiger partial charge in [0, 0.05) is 49.3 Å². The van der Waals surface area contributed by atoms with Gasteiger partial charge in [0.1, 0.15) is 0 Å². The predicted octanol–water partition coefficient (Wildman–Crippen LogP) is 4.69. The van der Waals surface area contributed by atoms with E-state index in [-0.39, 0.29) is 17.6 Å². The molecule has 0 spiro atoms. The molecular weight excluding hydrogens is 428 g/mol. The first-order chi connectivity index (χ1) is 16.2. The van der Waals surface area contributed by atoms with Crippen molar-refractivity contribution >= 4 is 17.3 Å². The number of rotatable bonds is 3. The van der Waals surface area contributed by atoms with Gasteiger partial charge in [0.05, 0.1) is 24.2 Å². The van der Waals surface area contributed by atoms with Gasteiger partial charge in [-0.25, -0.2) is 0 Å². The van der Waals surface area contributed by atoms with E-state index in [1.807, 2.05) is 4.90 Å². The van der Waals surface area contributed by atoms with E-state index in [0.29, 0.717) is 43.6 Å². The maximum atomic E-state index is 12.9. The maximum absolute atomic E-state index is 12.9.